The lowest BCUT2D eigenvalue weighted by Gasteiger charge is -2.13. The van der Waals surface area contributed by atoms with Gasteiger partial charge in [0.05, 0.1) is 22.4 Å². The number of esters is 1. The first-order chi connectivity index (χ1) is 15.8. The molecule has 1 aliphatic heterocycles. The van der Waals surface area contributed by atoms with Crippen molar-refractivity contribution in [2.75, 3.05) is 11.5 Å². The minimum Gasteiger partial charge on any atom is -0.452 e. The number of aryl methyl sites for hydroxylation is 1. The average molecular weight is 463 g/mol. The van der Waals surface area contributed by atoms with Gasteiger partial charge in [0.1, 0.15) is 0 Å². The Balaban J connectivity index is 1.39. The van der Waals surface area contributed by atoms with Crippen LogP contribution in [-0.4, -0.2) is 30.3 Å². The van der Waals surface area contributed by atoms with E-state index in [1.807, 2.05) is 31.2 Å². The van der Waals surface area contributed by atoms with Gasteiger partial charge in [-0.1, -0.05) is 41.4 Å². The van der Waals surface area contributed by atoms with E-state index >= 15 is 0 Å². The van der Waals surface area contributed by atoms with Crippen LogP contribution in [0.4, 0.5) is 5.69 Å². The van der Waals surface area contributed by atoms with Gasteiger partial charge in [0.2, 0.25) is 0 Å². The molecule has 0 radical (unpaired) electrons. The zero-order chi connectivity index (χ0) is 23.5. The van der Waals surface area contributed by atoms with Crippen LogP contribution in [0.15, 0.2) is 66.7 Å². The van der Waals surface area contributed by atoms with Crippen LogP contribution >= 0.6 is 11.6 Å². The Morgan fingerprint density at radius 3 is 2.27 bits per heavy atom. The number of halogens is 1. The van der Waals surface area contributed by atoms with Crippen molar-refractivity contribution < 1.29 is 23.9 Å². The molecule has 0 fully saturated rings. The summed E-state index contributed by atoms with van der Waals surface area (Å²) in [6.07, 6.45) is 0. The molecule has 3 aromatic rings. The number of hydrogen-bond donors (Lipinski definition) is 1. The number of carbonyl (C=O) groups excluding carboxylic acids is 4. The molecule has 7 nitrogen and oxygen atoms in total. The standard InChI is InChI=1S/C25H19ClN2O5/c1-15-2-4-16(5-3-15)13-27-22(29)14-33-25(32)17-6-11-20-21(12-17)24(31)28(23(20)30)19-9-7-18(26)8-10-19/h2-12H,13-14H2,1H3,(H,27,29). The van der Waals surface area contributed by atoms with Crippen LogP contribution in [-0.2, 0) is 16.1 Å². The van der Waals surface area contributed by atoms with Crippen molar-refractivity contribution in [2.45, 2.75) is 13.5 Å². The highest BCUT2D eigenvalue weighted by Gasteiger charge is 2.37. The number of amides is 3. The predicted molar refractivity (Wildman–Crippen MR) is 122 cm³/mol. The number of rotatable bonds is 6. The maximum Gasteiger partial charge on any atom is 0.338 e. The summed E-state index contributed by atoms with van der Waals surface area (Å²) >= 11 is 5.88. The Kier molecular flexibility index (Phi) is 6.24. The SMILES string of the molecule is Cc1ccc(CNC(=O)COC(=O)c2ccc3c(c2)C(=O)N(c2ccc(Cl)cc2)C3=O)cc1. The highest BCUT2D eigenvalue weighted by atomic mass is 35.5. The Bertz CT molecular complexity index is 1250. The minimum absolute atomic E-state index is 0.0687. The molecule has 8 heteroatoms. The minimum atomic E-state index is -0.770. The number of hydrogen-bond acceptors (Lipinski definition) is 5. The second kappa shape index (κ2) is 9.26. The summed E-state index contributed by atoms with van der Waals surface area (Å²) in [4.78, 5) is 51.0. The van der Waals surface area contributed by atoms with E-state index in [0.717, 1.165) is 16.0 Å². The Hall–Kier alpha value is -3.97. The fourth-order valence-electron chi connectivity index (χ4n) is 3.36. The predicted octanol–water partition coefficient (Wildman–Crippen LogP) is 3.92. The third kappa shape index (κ3) is 4.78. The van der Waals surface area contributed by atoms with E-state index < -0.39 is 30.3 Å². The van der Waals surface area contributed by atoms with Gasteiger partial charge in [-0.3, -0.25) is 14.4 Å². The lowest BCUT2D eigenvalue weighted by atomic mass is 10.1. The second-order valence-electron chi connectivity index (χ2n) is 7.52. The number of carbonyl (C=O) groups is 4. The van der Waals surface area contributed by atoms with E-state index in [1.54, 1.807) is 24.3 Å². The van der Waals surface area contributed by atoms with E-state index in [4.69, 9.17) is 16.3 Å². The van der Waals surface area contributed by atoms with Crippen molar-refractivity contribution in [1.29, 1.82) is 0 Å². The van der Waals surface area contributed by atoms with E-state index in [0.29, 0.717) is 17.3 Å². The summed E-state index contributed by atoms with van der Waals surface area (Å²) < 4.78 is 5.07. The third-order valence-electron chi connectivity index (χ3n) is 5.15. The number of fused-ring (bicyclic) bond motifs is 1. The van der Waals surface area contributed by atoms with E-state index in [-0.39, 0.29) is 16.7 Å². The van der Waals surface area contributed by atoms with E-state index in [9.17, 15) is 19.2 Å². The van der Waals surface area contributed by atoms with Crippen molar-refractivity contribution in [3.05, 3.63) is 99.6 Å². The summed E-state index contributed by atoms with van der Waals surface area (Å²) in [6.45, 7) is 1.82. The molecule has 1 N–H and O–H groups in total. The number of nitrogens with zero attached hydrogens (tertiary/aromatic N) is 1. The fraction of sp³-hybridized carbons (Fsp3) is 0.120. The molecule has 1 aliphatic rings. The van der Waals surface area contributed by atoms with Crippen LogP contribution in [0, 0.1) is 6.92 Å². The summed E-state index contributed by atoms with van der Waals surface area (Å²) in [6, 6.07) is 18.1. The molecule has 3 aromatic carbocycles. The molecule has 3 amide bonds. The molecular formula is C25H19ClN2O5. The van der Waals surface area contributed by atoms with Crippen LogP contribution in [0.3, 0.4) is 0 Å². The van der Waals surface area contributed by atoms with Gasteiger partial charge in [-0.2, -0.15) is 0 Å². The molecule has 0 spiro atoms. The van der Waals surface area contributed by atoms with E-state index in [1.165, 1.54) is 18.2 Å². The summed E-state index contributed by atoms with van der Waals surface area (Å²) in [5, 5.41) is 3.15. The molecule has 4 rings (SSSR count). The first-order valence-corrected chi connectivity index (χ1v) is 10.5. The smallest absolute Gasteiger partial charge is 0.338 e. The molecule has 166 valence electrons. The number of imide groups is 1. The molecular weight excluding hydrogens is 444 g/mol. The van der Waals surface area contributed by atoms with Crippen molar-refractivity contribution in [1.82, 2.24) is 5.32 Å². The molecule has 0 atom stereocenters. The molecule has 0 saturated heterocycles. The number of nitrogens with one attached hydrogen (secondary N) is 1. The van der Waals surface area contributed by atoms with Crippen LogP contribution in [0.25, 0.3) is 0 Å². The first kappa shape index (κ1) is 22.2. The topological polar surface area (TPSA) is 92.8 Å². The van der Waals surface area contributed by atoms with Gasteiger partial charge in [0, 0.05) is 11.6 Å². The third-order valence-corrected chi connectivity index (χ3v) is 5.40. The first-order valence-electron chi connectivity index (χ1n) is 10.1. The molecule has 0 aromatic heterocycles. The van der Waals surface area contributed by atoms with Gasteiger partial charge in [0.15, 0.2) is 6.61 Å². The van der Waals surface area contributed by atoms with Gasteiger partial charge in [0.25, 0.3) is 17.7 Å². The monoisotopic (exact) mass is 462 g/mol. The summed E-state index contributed by atoms with van der Waals surface area (Å²) in [5.41, 5.74) is 2.76. The molecule has 0 aliphatic carbocycles. The highest BCUT2D eigenvalue weighted by molar-refractivity contribution is 6.35. The van der Waals surface area contributed by atoms with Crippen LogP contribution in [0.1, 0.15) is 42.2 Å². The van der Waals surface area contributed by atoms with Crippen molar-refractivity contribution in [3.8, 4) is 0 Å². The zero-order valence-electron chi connectivity index (χ0n) is 17.6. The molecule has 0 saturated carbocycles. The second-order valence-corrected chi connectivity index (χ2v) is 7.96. The van der Waals surface area contributed by atoms with Crippen LogP contribution < -0.4 is 10.2 Å². The lowest BCUT2D eigenvalue weighted by molar-refractivity contribution is -0.124. The van der Waals surface area contributed by atoms with Crippen LogP contribution in [0.2, 0.25) is 5.02 Å². The molecule has 0 bridgehead atoms. The summed E-state index contributed by atoms with van der Waals surface area (Å²) in [7, 11) is 0. The lowest BCUT2D eigenvalue weighted by Crippen LogP contribution is -2.29. The molecule has 1 heterocycles. The largest absolute Gasteiger partial charge is 0.452 e. The van der Waals surface area contributed by atoms with Crippen molar-refractivity contribution >= 4 is 41.0 Å². The quantitative estimate of drug-likeness (QED) is 0.442. The highest BCUT2D eigenvalue weighted by Crippen LogP contribution is 2.30. The maximum absolute atomic E-state index is 12.8. The van der Waals surface area contributed by atoms with Gasteiger partial charge in [-0.15, -0.1) is 0 Å². The van der Waals surface area contributed by atoms with Gasteiger partial charge in [-0.25, -0.2) is 9.69 Å². The van der Waals surface area contributed by atoms with Crippen LogP contribution in [0.5, 0.6) is 0 Å². The normalized spacial score (nSPS) is 12.5. The molecule has 0 unspecified atom stereocenters. The number of benzene rings is 3. The Morgan fingerprint density at radius 2 is 1.58 bits per heavy atom. The van der Waals surface area contributed by atoms with Crippen molar-refractivity contribution in [3.63, 3.8) is 0 Å². The van der Waals surface area contributed by atoms with Gasteiger partial charge >= 0.3 is 5.97 Å². The van der Waals surface area contributed by atoms with Gasteiger partial charge < -0.3 is 10.1 Å². The zero-order valence-corrected chi connectivity index (χ0v) is 18.4. The maximum atomic E-state index is 12.8. The van der Waals surface area contributed by atoms with E-state index in [2.05, 4.69) is 5.32 Å². The Morgan fingerprint density at radius 1 is 0.909 bits per heavy atom. The number of ether oxygens (including phenoxy) is 1. The number of anilines is 1. The Labute approximate surface area is 194 Å². The van der Waals surface area contributed by atoms with Crippen molar-refractivity contribution in [2.24, 2.45) is 0 Å². The average Bonchev–Trinajstić information content (AvgIpc) is 3.07. The summed E-state index contributed by atoms with van der Waals surface area (Å²) in [5.74, 6) is -2.27. The van der Waals surface area contributed by atoms with Gasteiger partial charge in [-0.05, 0) is 55.0 Å². The fourth-order valence-corrected chi connectivity index (χ4v) is 3.49. The molecule has 33 heavy (non-hydrogen) atoms.